The largest absolute Gasteiger partial charge is 0.369 e. The van der Waals surface area contributed by atoms with Crippen LogP contribution in [-0.4, -0.2) is 12.5 Å². The number of carbonyl (C=O) groups excluding carboxylic acids is 1. The number of aryl methyl sites for hydroxylation is 1. The van der Waals surface area contributed by atoms with Crippen LogP contribution in [0.5, 0.6) is 0 Å². The van der Waals surface area contributed by atoms with Crippen LogP contribution in [-0.2, 0) is 11.3 Å². The van der Waals surface area contributed by atoms with E-state index in [0.717, 1.165) is 6.54 Å². The Bertz CT molecular complexity index is 336. The van der Waals surface area contributed by atoms with E-state index in [1.54, 1.807) is 0 Å². The number of primary amides is 1. The van der Waals surface area contributed by atoms with Gasteiger partial charge < -0.3 is 11.1 Å². The van der Waals surface area contributed by atoms with E-state index in [1.165, 1.54) is 11.1 Å². The zero-order valence-electron chi connectivity index (χ0n) is 9.29. The number of rotatable bonds is 5. The third-order valence-corrected chi connectivity index (χ3v) is 2.51. The van der Waals surface area contributed by atoms with Gasteiger partial charge in [-0.15, -0.1) is 0 Å². The molecule has 0 bridgehead atoms. The van der Waals surface area contributed by atoms with Gasteiger partial charge in [-0.05, 0) is 18.1 Å². The van der Waals surface area contributed by atoms with Gasteiger partial charge in [-0.1, -0.05) is 31.2 Å². The Morgan fingerprint density at radius 1 is 1.47 bits per heavy atom. The van der Waals surface area contributed by atoms with Gasteiger partial charge in [-0.3, -0.25) is 4.79 Å². The second-order valence-corrected chi connectivity index (χ2v) is 3.86. The molecule has 0 aliphatic heterocycles. The average molecular weight is 206 g/mol. The van der Waals surface area contributed by atoms with Gasteiger partial charge in [0.2, 0.25) is 5.91 Å². The summed E-state index contributed by atoms with van der Waals surface area (Å²) in [6, 6.07) is 8.19. The topological polar surface area (TPSA) is 55.1 Å². The summed E-state index contributed by atoms with van der Waals surface area (Å²) in [6.07, 6.45) is 0. The van der Waals surface area contributed by atoms with Crippen molar-refractivity contribution in [1.82, 2.24) is 5.32 Å². The molecule has 0 heterocycles. The summed E-state index contributed by atoms with van der Waals surface area (Å²) >= 11 is 0. The predicted molar refractivity (Wildman–Crippen MR) is 61.2 cm³/mol. The lowest BCUT2D eigenvalue weighted by Crippen LogP contribution is -2.30. The van der Waals surface area contributed by atoms with Gasteiger partial charge in [0.25, 0.3) is 0 Å². The van der Waals surface area contributed by atoms with Crippen molar-refractivity contribution in [3.05, 3.63) is 35.4 Å². The fourth-order valence-corrected chi connectivity index (χ4v) is 1.33. The van der Waals surface area contributed by atoms with Crippen molar-refractivity contribution in [2.24, 2.45) is 11.7 Å². The lowest BCUT2D eigenvalue weighted by Gasteiger charge is -2.10. The summed E-state index contributed by atoms with van der Waals surface area (Å²) in [6.45, 7) is 5.32. The minimum absolute atomic E-state index is 0.117. The van der Waals surface area contributed by atoms with Crippen molar-refractivity contribution in [3.63, 3.8) is 0 Å². The highest BCUT2D eigenvalue weighted by molar-refractivity contribution is 5.76. The molecule has 0 saturated heterocycles. The second-order valence-electron chi connectivity index (χ2n) is 3.86. The maximum atomic E-state index is 10.8. The smallest absolute Gasteiger partial charge is 0.221 e. The fraction of sp³-hybridized carbons (Fsp3) is 0.417. The number of benzene rings is 1. The molecule has 1 aromatic rings. The molecule has 1 rings (SSSR count). The number of nitrogens with two attached hydrogens (primary N) is 1. The van der Waals surface area contributed by atoms with Crippen molar-refractivity contribution < 1.29 is 4.79 Å². The molecule has 0 spiro atoms. The molecule has 0 fully saturated rings. The van der Waals surface area contributed by atoms with E-state index in [0.29, 0.717) is 6.54 Å². The molecule has 0 saturated carbocycles. The SMILES string of the molecule is Cc1ccccc1CNCC(C)C(N)=O. The highest BCUT2D eigenvalue weighted by atomic mass is 16.1. The molecule has 0 radical (unpaired) electrons. The Hall–Kier alpha value is -1.35. The summed E-state index contributed by atoms with van der Waals surface area (Å²) in [5.41, 5.74) is 7.69. The number of carbonyl (C=O) groups is 1. The highest BCUT2D eigenvalue weighted by Gasteiger charge is 2.07. The first-order valence-electron chi connectivity index (χ1n) is 5.16. The van der Waals surface area contributed by atoms with Crippen LogP contribution in [0, 0.1) is 12.8 Å². The molecule has 82 valence electrons. The molecule has 3 nitrogen and oxygen atoms in total. The molecule has 0 aliphatic carbocycles. The quantitative estimate of drug-likeness (QED) is 0.760. The van der Waals surface area contributed by atoms with Gasteiger partial charge >= 0.3 is 0 Å². The zero-order chi connectivity index (χ0) is 11.3. The summed E-state index contributed by atoms with van der Waals surface area (Å²) in [5, 5.41) is 3.22. The highest BCUT2D eigenvalue weighted by Crippen LogP contribution is 2.06. The number of nitrogens with one attached hydrogen (secondary N) is 1. The monoisotopic (exact) mass is 206 g/mol. The molecule has 3 N–H and O–H groups in total. The molecule has 1 amide bonds. The summed E-state index contributed by atoms with van der Waals surface area (Å²) in [7, 11) is 0. The van der Waals surface area contributed by atoms with Crippen LogP contribution in [0.1, 0.15) is 18.1 Å². The van der Waals surface area contributed by atoms with E-state index in [9.17, 15) is 4.79 Å². The van der Waals surface area contributed by atoms with E-state index in [2.05, 4.69) is 24.4 Å². The van der Waals surface area contributed by atoms with Crippen molar-refractivity contribution in [3.8, 4) is 0 Å². The van der Waals surface area contributed by atoms with Gasteiger partial charge in [0.1, 0.15) is 0 Å². The van der Waals surface area contributed by atoms with Crippen molar-refractivity contribution >= 4 is 5.91 Å². The number of amides is 1. The summed E-state index contributed by atoms with van der Waals surface area (Å²) in [5.74, 6) is -0.374. The first kappa shape index (κ1) is 11.7. The second kappa shape index (κ2) is 5.51. The van der Waals surface area contributed by atoms with Crippen LogP contribution in [0.15, 0.2) is 24.3 Å². The molecule has 1 aromatic carbocycles. The van der Waals surface area contributed by atoms with Crippen LogP contribution in [0.25, 0.3) is 0 Å². The van der Waals surface area contributed by atoms with E-state index in [4.69, 9.17) is 5.73 Å². The minimum Gasteiger partial charge on any atom is -0.369 e. The number of hydrogen-bond donors (Lipinski definition) is 2. The summed E-state index contributed by atoms with van der Waals surface area (Å²) < 4.78 is 0. The fourth-order valence-electron chi connectivity index (χ4n) is 1.33. The Labute approximate surface area is 90.7 Å². The first-order chi connectivity index (χ1) is 7.11. The molecule has 0 aromatic heterocycles. The maximum Gasteiger partial charge on any atom is 0.221 e. The van der Waals surface area contributed by atoms with E-state index >= 15 is 0 Å². The molecule has 1 atom stereocenters. The minimum atomic E-state index is -0.257. The van der Waals surface area contributed by atoms with Gasteiger partial charge in [0.05, 0.1) is 0 Å². The third kappa shape index (κ3) is 3.72. The Morgan fingerprint density at radius 2 is 2.13 bits per heavy atom. The zero-order valence-corrected chi connectivity index (χ0v) is 9.29. The molecule has 1 unspecified atom stereocenters. The Morgan fingerprint density at radius 3 is 2.73 bits per heavy atom. The molecule has 0 aliphatic rings. The maximum absolute atomic E-state index is 10.8. The van der Waals surface area contributed by atoms with Crippen molar-refractivity contribution in [2.45, 2.75) is 20.4 Å². The lowest BCUT2D eigenvalue weighted by atomic mass is 10.1. The number of hydrogen-bond acceptors (Lipinski definition) is 2. The van der Waals surface area contributed by atoms with E-state index < -0.39 is 0 Å². The summed E-state index contributed by atoms with van der Waals surface area (Å²) in [4.78, 5) is 10.8. The average Bonchev–Trinajstić information content (AvgIpc) is 2.20. The van der Waals surface area contributed by atoms with Crippen LogP contribution in [0.3, 0.4) is 0 Å². The van der Waals surface area contributed by atoms with Gasteiger partial charge in [0, 0.05) is 19.0 Å². The van der Waals surface area contributed by atoms with Crippen LogP contribution in [0.4, 0.5) is 0 Å². The molecular weight excluding hydrogens is 188 g/mol. The van der Waals surface area contributed by atoms with Crippen LogP contribution in [0.2, 0.25) is 0 Å². The lowest BCUT2D eigenvalue weighted by molar-refractivity contribution is -0.121. The normalized spacial score (nSPS) is 12.4. The van der Waals surface area contributed by atoms with Crippen molar-refractivity contribution in [2.75, 3.05) is 6.54 Å². The standard InChI is InChI=1S/C12H18N2O/c1-9-5-3-4-6-11(9)8-14-7-10(2)12(13)15/h3-6,10,14H,7-8H2,1-2H3,(H2,13,15). The van der Waals surface area contributed by atoms with Gasteiger partial charge in [-0.25, -0.2) is 0 Å². The van der Waals surface area contributed by atoms with Crippen LogP contribution < -0.4 is 11.1 Å². The molecule has 15 heavy (non-hydrogen) atoms. The van der Waals surface area contributed by atoms with Gasteiger partial charge in [-0.2, -0.15) is 0 Å². The predicted octanol–water partition coefficient (Wildman–Crippen LogP) is 1.21. The third-order valence-electron chi connectivity index (χ3n) is 2.51. The van der Waals surface area contributed by atoms with Crippen LogP contribution >= 0.6 is 0 Å². The Balaban J connectivity index is 2.38. The van der Waals surface area contributed by atoms with E-state index in [1.807, 2.05) is 19.1 Å². The van der Waals surface area contributed by atoms with E-state index in [-0.39, 0.29) is 11.8 Å². The molecular formula is C12H18N2O. The Kier molecular flexibility index (Phi) is 4.31. The molecule has 3 heteroatoms. The first-order valence-corrected chi connectivity index (χ1v) is 5.16. The van der Waals surface area contributed by atoms with Crippen molar-refractivity contribution in [1.29, 1.82) is 0 Å². The van der Waals surface area contributed by atoms with Gasteiger partial charge in [0.15, 0.2) is 0 Å².